The van der Waals surface area contributed by atoms with Crippen LogP contribution >= 0.6 is 0 Å². The summed E-state index contributed by atoms with van der Waals surface area (Å²) in [5.41, 5.74) is 0. The fourth-order valence-corrected chi connectivity index (χ4v) is 2.02. The SMILES string of the molecule is CC(CNC(=O)NC(=O)CCCCC(=O)O)N(C)C1CC1. The molecule has 0 bridgehead atoms. The highest BCUT2D eigenvalue weighted by Crippen LogP contribution is 2.26. The van der Waals surface area contributed by atoms with Gasteiger partial charge in [0.1, 0.15) is 0 Å². The van der Waals surface area contributed by atoms with Crippen LogP contribution in [0.15, 0.2) is 0 Å². The van der Waals surface area contributed by atoms with E-state index in [9.17, 15) is 14.4 Å². The van der Waals surface area contributed by atoms with Crippen LogP contribution in [0.5, 0.6) is 0 Å². The molecule has 1 rings (SSSR count). The zero-order chi connectivity index (χ0) is 15.8. The van der Waals surface area contributed by atoms with Gasteiger partial charge in [-0.1, -0.05) is 0 Å². The number of carbonyl (C=O) groups is 3. The first-order valence-electron chi connectivity index (χ1n) is 7.41. The van der Waals surface area contributed by atoms with E-state index in [1.165, 1.54) is 12.8 Å². The van der Waals surface area contributed by atoms with Gasteiger partial charge in [0.05, 0.1) is 0 Å². The molecule has 1 fully saturated rings. The third-order valence-electron chi connectivity index (χ3n) is 3.67. The molecule has 21 heavy (non-hydrogen) atoms. The zero-order valence-corrected chi connectivity index (χ0v) is 12.7. The van der Waals surface area contributed by atoms with E-state index in [-0.39, 0.29) is 24.8 Å². The van der Waals surface area contributed by atoms with E-state index in [1.807, 2.05) is 14.0 Å². The van der Waals surface area contributed by atoms with Crippen molar-refractivity contribution in [3.8, 4) is 0 Å². The number of imide groups is 1. The normalized spacial score (nSPS) is 15.6. The predicted octanol–water partition coefficient (Wildman–Crippen LogP) is 0.940. The molecular weight excluding hydrogens is 274 g/mol. The lowest BCUT2D eigenvalue weighted by Crippen LogP contribution is -2.46. The van der Waals surface area contributed by atoms with Crippen LogP contribution in [-0.2, 0) is 9.59 Å². The zero-order valence-electron chi connectivity index (χ0n) is 12.7. The minimum atomic E-state index is -0.873. The topological polar surface area (TPSA) is 98.7 Å². The van der Waals surface area contributed by atoms with Crippen molar-refractivity contribution in [3.63, 3.8) is 0 Å². The number of urea groups is 1. The van der Waals surface area contributed by atoms with Gasteiger partial charge in [-0.2, -0.15) is 0 Å². The fraction of sp³-hybridized carbons (Fsp3) is 0.786. The largest absolute Gasteiger partial charge is 0.481 e. The fourth-order valence-electron chi connectivity index (χ4n) is 2.02. The van der Waals surface area contributed by atoms with Crippen molar-refractivity contribution in [3.05, 3.63) is 0 Å². The average molecular weight is 299 g/mol. The summed E-state index contributed by atoms with van der Waals surface area (Å²) in [4.78, 5) is 35.6. The van der Waals surface area contributed by atoms with Crippen LogP contribution in [0.2, 0.25) is 0 Å². The van der Waals surface area contributed by atoms with Gasteiger partial charge in [0, 0.05) is 31.5 Å². The van der Waals surface area contributed by atoms with E-state index in [2.05, 4.69) is 15.5 Å². The highest BCUT2D eigenvalue weighted by molar-refractivity contribution is 5.94. The summed E-state index contributed by atoms with van der Waals surface area (Å²) in [5.74, 6) is -1.25. The quantitative estimate of drug-likeness (QED) is 0.550. The van der Waals surface area contributed by atoms with E-state index in [0.29, 0.717) is 25.4 Å². The number of nitrogens with one attached hydrogen (secondary N) is 2. The first-order chi connectivity index (χ1) is 9.90. The van der Waals surface area contributed by atoms with Gasteiger partial charge in [-0.25, -0.2) is 4.79 Å². The van der Waals surface area contributed by atoms with Crippen molar-refractivity contribution in [1.29, 1.82) is 0 Å². The second-order valence-corrected chi connectivity index (χ2v) is 5.60. The molecule has 1 aliphatic carbocycles. The molecule has 120 valence electrons. The minimum Gasteiger partial charge on any atom is -0.481 e. The lowest BCUT2D eigenvalue weighted by atomic mass is 10.2. The third-order valence-corrected chi connectivity index (χ3v) is 3.67. The molecule has 3 N–H and O–H groups in total. The molecule has 0 aromatic carbocycles. The van der Waals surface area contributed by atoms with Gasteiger partial charge >= 0.3 is 12.0 Å². The van der Waals surface area contributed by atoms with Gasteiger partial charge in [0.2, 0.25) is 5.91 Å². The van der Waals surface area contributed by atoms with Gasteiger partial charge in [-0.3, -0.25) is 19.8 Å². The molecule has 1 unspecified atom stereocenters. The molecule has 0 heterocycles. The van der Waals surface area contributed by atoms with Crippen molar-refractivity contribution in [1.82, 2.24) is 15.5 Å². The van der Waals surface area contributed by atoms with Crippen LogP contribution in [0.4, 0.5) is 4.79 Å². The summed E-state index contributed by atoms with van der Waals surface area (Å²) >= 11 is 0. The Bertz CT molecular complexity index is 382. The van der Waals surface area contributed by atoms with Crippen molar-refractivity contribution >= 4 is 17.9 Å². The third kappa shape index (κ3) is 7.65. The number of aliphatic carboxylic acids is 1. The Morgan fingerprint density at radius 1 is 1.24 bits per heavy atom. The molecular formula is C14H25N3O4. The average Bonchev–Trinajstić information content (AvgIpc) is 3.24. The van der Waals surface area contributed by atoms with Crippen molar-refractivity contribution in [2.75, 3.05) is 13.6 Å². The number of carboxylic acids is 1. The van der Waals surface area contributed by atoms with E-state index < -0.39 is 12.0 Å². The molecule has 1 saturated carbocycles. The van der Waals surface area contributed by atoms with Crippen molar-refractivity contribution in [2.45, 2.75) is 57.5 Å². The molecule has 0 radical (unpaired) electrons. The number of hydrogen-bond donors (Lipinski definition) is 3. The second kappa shape index (κ2) is 8.61. The van der Waals surface area contributed by atoms with E-state index >= 15 is 0 Å². The predicted molar refractivity (Wildman–Crippen MR) is 77.9 cm³/mol. The number of amides is 3. The maximum Gasteiger partial charge on any atom is 0.321 e. The molecule has 7 heteroatoms. The molecule has 1 atom stereocenters. The van der Waals surface area contributed by atoms with Crippen LogP contribution in [-0.4, -0.2) is 53.6 Å². The number of rotatable bonds is 9. The Hall–Kier alpha value is -1.63. The van der Waals surface area contributed by atoms with Crippen molar-refractivity contribution < 1.29 is 19.5 Å². The molecule has 7 nitrogen and oxygen atoms in total. The van der Waals surface area contributed by atoms with Crippen molar-refractivity contribution in [2.24, 2.45) is 0 Å². The van der Waals surface area contributed by atoms with Gasteiger partial charge in [0.25, 0.3) is 0 Å². The van der Waals surface area contributed by atoms with Crippen LogP contribution in [0, 0.1) is 0 Å². The molecule has 0 aromatic rings. The molecule has 0 spiro atoms. The number of carbonyl (C=O) groups excluding carboxylic acids is 2. The monoisotopic (exact) mass is 299 g/mol. The molecule has 3 amide bonds. The number of unbranched alkanes of at least 4 members (excludes halogenated alkanes) is 1. The number of likely N-dealkylation sites (N-methyl/N-ethyl adjacent to an activating group) is 1. The number of carboxylic acid groups (broad SMARTS) is 1. The second-order valence-electron chi connectivity index (χ2n) is 5.60. The van der Waals surface area contributed by atoms with Crippen LogP contribution in [0.1, 0.15) is 45.4 Å². The first-order valence-corrected chi connectivity index (χ1v) is 7.41. The number of nitrogens with zero attached hydrogens (tertiary/aromatic N) is 1. The Morgan fingerprint density at radius 3 is 2.43 bits per heavy atom. The maximum atomic E-state index is 11.6. The lowest BCUT2D eigenvalue weighted by molar-refractivity contribution is -0.137. The van der Waals surface area contributed by atoms with Crippen LogP contribution < -0.4 is 10.6 Å². The van der Waals surface area contributed by atoms with Crippen LogP contribution in [0.3, 0.4) is 0 Å². The Morgan fingerprint density at radius 2 is 1.86 bits per heavy atom. The Labute approximate surface area is 125 Å². The Balaban J connectivity index is 2.08. The minimum absolute atomic E-state index is 0.0461. The maximum absolute atomic E-state index is 11.6. The van der Waals surface area contributed by atoms with E-state index in [1.54, 1.807) is 0 Å². The highest BCUT2D eigenvalue weighted by atomic mass is 16.4. The molecule has 1 aliphatic rings. The summed E-state index contributed by atoms with van der Waals surface area (Å²) in [5, 5.41) is 13.4. The van der Waals surface area contributed by atoms with E-state index in [4.69, 9.17) is 5.11 Å². The van der Waals surface area contributed by atoms with E-state index in [0.717, 1.165) is 0 Å². The van der Waals surface area contributed by atoms with Gasteiger partial charge < -0.3 is 10.4 Å². The number of hydrogen-bond acceptors (Lipinski definition) is 4. The summed E-state index contributed by atoms with van der Waals surface area (Å²) in [6, 6.07) is 0.365. The summed E-state index contributed by atoms with van der Waals surface area (Å²) < 4.78 is 0. The summed E-state index contributed by atoms with van der Waals surface area (Å²) in [7, 11) is 2.04. The van der Waals surface area contributed by atoms with Gasteiger partial charge in [-0.05, 0) is 39.7 Å². The first kappa shape index (κ1) is 17.4. The Kier molecular flexibility index (Phi) is 7.14. The molecule has 0 aromatic heterocycles. The summed E-state index contributed by atoms with van der Waals surface area (Å²) in [6.45, 7) is 2.53. The molecule has 0 saturated heterocycles. The highest BCUT2D eigenvalue weighted by Gasteiger charge is 2.29. The molecule has 0 aliphatic heterocycles. The van der Waals surface area contributed by atoms with Gasteiger partial charge in [-0.15, -0.1) is 0 Å². The summed E-state index contributed by atoms with van der Waals surface area (Å²) in [6.07, 6.45) is 3.53. The van der Waals surface area contributed by atoms with Gasteiger partial charge in [0.15, 0.2) is 0 Å². The smallest absolute Gasteiger partial charge is 0.321 e. The standard InChI is InChI=1S/C14H25N3O4/c1-10(17(2)11-7-8-11)9-15-14(21)16-12(18)5-3-4-6-13(19)20/h10-11H,3-9H2,1-2H3,(H,19,20)(H2,15,16,18,21). The lowest BCUT2D eigenvalue weighted by Gasteiger charge is -2.24. The van der Waals surface area contributed by atoms with Crippen LogP contribution in [0.25, 0.3) is 0 Å².